The lowest BCUT2D eigenvalue weighted by Gasteiger charge is -2.29. The number of hydrogen-bond acceptors (Lipinski definition) is 5. The minimum atomic E-state index is -0.752. The molecule has 0 saturated carbocycles. The predicted octanol–water partition coefficient (Wildman–Crippen LogP) is 2.44. The van der Waals surface area contributed by atoms with Gasteiger partial charge in [0.25, 0.3) is 0 Å². The SMILES string of the molecule is [N-]=[N+]=NC[C@H]1CN(c2cc(F)c(N3CCOCC3)c(F)c2)C(=O)O1. The molecule has 8 nitrogen and oxygen atoms in total. The summed E-state index contributed by atoms with van der Waals surface area (Å²) in [5.74, 6) is -1.50. The van der Waals surface area contributed by atoms with Crippen LogP contribution in [0.5, 0.6) is 0 Å². The molecule has 2 heterocycles. The van der Waals surface area contributed by atoms with Crippen molar-refractivity contribution < 1.29 is 23.0 Å². The van der Waals surface area contributed by atoms with Crippen molar-refractivity contribution in [3.63, 3.8) is 0 Å². The summed E-state index contributed by atoms with van der Waals surface area (Å²) in [4.78, 5) is 17.1. The molecular formula is C14H15F2N5O3. The number of carbonyl (C=O) groups is 1. The number of carbonyl (C=O) groups excluding carboxylic acids is 1. The molecule has 1 amide bonds. The third-order valence-electron chi connectivity index (χ3n) is 3.86. The fourth-order valence-electron chi connectivity index (χ4n) is 2.75. The van der Waals surface area contributed by atoms with Crippen LogP contribution in [0.1, 0.15) is 0 Å². The van der Waals surface area contributed by atoms with Gasteiger partial charge in [0.1, 0.15) is 11.8 Å². The number of nitrogens with zero attached hydrogens (tertiary/aromatic N) is 5. The molecule has 1 aromatic carbocycles. The maximum Gasteiger partial charge on any atom is 0.414 e. The molecule has 0 radical (unpaired) electrons. The van der Waals surface area contributed by atoms with Crippen molar-refractivity contribution in [2.24, 2.45) is 5.11 Å². The minimum Gasteiger partial charge on any atom is -0.444 e. The molecule has 3 rings (SSSR count). The highest BCUT2D eigenvalue weighted by Gasteiger charge is 2.33. The lowest BCUT2D eigenvalue weighted by Crippen LogP contribution is -2.37. The van der Waals surface area contributed by atoms with Crippen molar-refractivity contribution in [1.82, 2.24) is 0 Å². The second-order valence-corrected chi connectivity index (χ2v) is 5.39. The molecule has 0 N–H and O–H groups in total. The van der Waals surface area contributed by atoms with Crippen molar-refractivity contribution >= 4 is 17.5 Å². The first-order valence-electron chi connectivity index (χ1n) is 7.41. The van der Waals surface area contributed by atoms with Crippen molar-refractivity contribution in [1.29, 1.82) is 0 Å². The summed E-state index contributed by atoms with van der Waals surface area (Å²) in [7, 11) is 0. The van der Waals surface area contributed by atoms with Gasteiger partial charge in [0.05, 0.1) is 32.0 Å². The maximum atomic E-state index is 14.4. The van der Waals surface area contributed by atoms with Gasteiger partial charge in [0.15, 0.2) is 11.6 Å². The van der Waals surface area contributed by atoms with Gasteiger partial charge in [0, 0.05) is 30.1 Å². The number of benzene rings is 1. The second-order valence-electron chi connectivity index (χ2n) is 5.39. The molecular weight excluding hydrogens is 324 g/mol. The molecule has 2 aliphatic rings. The van der Waals surface area contributed by atoms with Crippen LogP contribution in [0.2, 0.25) is 0 Å². The van der Waals surface area contributed by atoms with Crippen molar-refractivity contribution in [2.45, 2.75) is 6.10 Å². The standard InChI is InChI=1S/C14H15F2N5O3/c15-11-5-9(21-8-10(7-18-19-17)24-14(21)22)6-12(16)13(11)20-1-3-23-4-2-20/h5-6,10H,1-4,7-8H2/t10-/m0/s1. The summed E-state index contributed by atoms with van der Waals surface area (Å²) in [6.45, 7) is 1.63. The van der Waals surface area contributed by atoms with Crippen LogP contribution in [0.25, 0.3) is 10.4 Å². The van der Waals surface area contributed by atoms with Crippen LogP contribution in [0.3, 0.4) is 0 Å². The van der Waals surface area contributed by atoms with Gasteiger partial charge in [-0.05, 0) is 5.53 Å². The molecule has 128 valence electrons. The number of ether oxygens (including phenoxy) is 2. The van der Waals surface area contributed by atoms with E-state index in [0.717, 1.165) is 17.0 Å². The van der Waals surface area contributed by atoms with Gasteiger partial charge in [-0.2, -0.15) is 0 Å². The lowest BCUT2D eigenvalue weighted by molar-refractivity contribution is 0.122. The van der Waals surface area contributed by atoms with Gasteiger partial charge >= 0.3 is 6.09 Å². The summed E-state index contributed by atoms with van der Waals surface area (Å²) in [5.41, 5.74) is 8.23. The number of cyclic esters (lactones) is 1. The van der Waals surface area contributed by atoms with Gasteiger partial charge in [-0.1, -0.05) is 5.11 Å². The van der Waals surface area contributed by atoms with E-state index in [9.17, 15) is 13.6 Å². The fourth-order valence-corrected chi connectivity index (χ4v) is 2.75. The van der Waals surface area contributed by atoms with Crippen molar-refractivity contribution in [2.75, 3.05) is 49.2 Å². The van der Waals surface area contributed by atoms with E-state index < -0.39 is 23.8 Å². The highest BCUT2D eigenvalue weighted by molar-refractivity contribution is 5.90. The number of morpholine rings is 1. The molecule has 0 aliphatic carbocycles. The zero-order valence-electron chi connectivity index (χ0n) is 12.7. The number of rotatable bonds is 4. The number of hydrogen-bond donors (Lipinski definition) is 0. The molecule has 0 unspecified atom stereocenters. The van der Waals surface area contributed by atoms with Crippen LogP contribution in [0.15, 0.2) is 17.2 Å². The Balaban J connectivity index is 1.82. The van der Waals surface area contributed by atoms with E-state index in [1.165, 1.54) is 0 Å². The molecule has 2 aliphatic heterocycles. The van der Waals surface area contributed by atoms with Crippen LogP contribution in [0, 0.1) is 11.6 Å². The molecule has 24 heavy (non-hydrogen) atoms. The lowest BCUT2D eigenvalue weighted by atomic mass is 10.2. The fraction of sp³-hybridized carbons (Fsp3) is 0.500. The van der Waals surface area contributed by atoms with E-state index in [2.05, 4.69) is 10.0 Å². The monoisotopic (exact) mass is 339 g/mol. The third kappa shape index (κ3) is 3.19. The highest BCUT2D eigenvalue weighted by atomic mass is 19.1. The van der Waals surface area contributed by atoms with E-state index in [4.69, 9.17) is 15.0 Å². The normalized spacial score (nSPS) is 20.8. The van der Waals surface area contributed by atoms with Gasteiger partial charge in [0.2, 0.25) is 0 Å². The Kier molecular flexibility index (Phi) is 4.68. The van der Waals surface area contributed by atoms with Gasteiger partial charge in [-0.3, -0.25) is 4.90 Å². The summed E-state index contributed by atoms with van der Waals surface area (Å²) in [6, 6.07) is 2.20. The Bertz CT molecular complexity index is 666. The summed E-state index contributed by atoms with van der Waals surface area (Å²) in [5, 5.41) is 3.34. The molecule has 2 saturated heterocycles. The summed E-state index contributed by atoms with van der Waals surface area (Å²) >= 11 is 0. The van der Waals surface area contributed by atoms with Crippen LogP contribution in [-0.2, 0) is 9.47 Å². The van der Waals surface area contributed by atoms with Gasteiger partial charge in [-0.25, -0.2) is 13.6 Å². The quantitative estimate of drug-likeness (QED) is 0.478. The second kappa shape index (κ2) is 6.90. The number of anilines is 2. The van der Waals surface area contributed by atoms with Crippen LogP contribution in [-0.4, -0.2) is 51.6 Å². The number of amides is 1. The van der Waals surface area contributed by atoms with Gasteiger partial charge < -0.3 is 14.4 Å². The Morgan fingerprint density at radius 2 is 1.96 bits per heavy atom. The molecule has 0 spiro atoms. The predicted molar refractivity (Wildman–Crippen MR) is 81.0 cm³/mol. The highest BCUT2D eigenvalue weighted by Crippen LogP contribution is 2.31. The molecule has 0 bridgehead atoms. The number of azide groups is 1. The molecule has 1 aromatic rings. The first kappa shape index (κ1) is 16.3. The van der Waals surface area contributed by atoms with E-state index >= 15 is 0 Å². The first-order valence-corrected chi connectivity index (χ1v) is 7.41. The number of halogens is 2. The zero-order chi connectivity index (χ0) is 17.1. The largest absolute Gasteiger partial charge is 0.444 e. The third-order valence-corrected chi connectivity index (χ3v) is 3.86. The Morgan fingerprint density at radius 3 is 2.58 bits per heavy atom. The summed E-state index contributed by atoms with van der Waals surface area (Å²) < 4.78 is 39.0. The Hall–Kier alpha value is -2.58. The van der Waals surface area contributed by atoms with E-state index in [1.807, 2.05) is 0 Å². The Morgan fingerprint density at radius 1 is 1.29 bits per heavy atom. The minimum absolute atomic E-state index is 0.0322. The summed E-state index contributed by atoms with van der Waals surface area (Å²) in [6.07, 6.45) is -1.37. The van der Waals surface area contributed by atoms with Gasteiger partial charge in [-0.15, -0.1) is 0 Å². The average Bonchev–Trinajstić information content (AvgIpc) is 2.94. The van der Waals surface area contributed by atoms with E-state index in [1.54, 1.807) is 4.90 Å². The smallest absolute Gasteiger partial charge is 0.414 e. The van der Waals surface area contributed by atoms with E-state index in [-0.39, 0.29) is 24.5 Å². The van der Waals surface area contributed by atoms with E-state index in [0.29, 0.717) is 26.3 Å². The topological polar surface area (TPSA) is 90.8 Å². The molecule has 2 fully saturated rings. The average molecular weight is 339 g/mol. The van der Waals surface area contributed by atoms with Crippen LogP contribution in [0.4, 0.5) is 25.0 Å². The zero-order valence-corrected chi connectivity index (χ0v) is 12.7. The van der Waals surface area contributed by atoms with Crippen molar-refractivity contribution in [3.8, 4) is 0 Å². The molecule has 10 heteroatoms. The Labute approximate surface area is 136 Å². The van der Waals surface area contributed by atoms with Crippen molar-refractivity contribution in [3.05, 3.63) is 34.2 Å². The maximum absolute atomic E-state index is 14.4. The van der Waals surface area contributed by atoms with Crippen LogP contribution < -0.4 is 9.80 Å². The molecule has 0 aromatic heterocycles. The molecule has 1 atom stereocenters. The first-order chi connectivity index (χ1) is 11.6. The van der Waals surface area contributed by atoms with Crippen LogP contribution >= 0.6 is 0 Å².